The average molecular weight is 269 g/mol. The fourth-order valence-corrected chi connectivity index (χ4v) is 3.09. The number of carbonyl (C=O) groups is 1. The van der Waals surface area contributed by atoms with Crippen molar-refractivity contribution >= 4 is 17.6 Å². The van der Waals surface area contributed by atoms with Crippen LogP contribution in [0.15, 0.2) is 12.1 Å². The standard InChI is InChI=1S/C14H17ClO3/c1-8-6-9(2)11(10(3)7-8)13(4)14(15,18-13)12(16)17-5/h6-7H,1-5H3. The predicted molar refractivity (Wildman–Crippen MR) is 69.7 cm³/mol. The first-order chi connectivity index (χ1) is 8.26. The zero-order valence-electron chi connectivity index (χ0n) is 11.3. The minimum Gasteiger partial charge on any atom is -0.466 e. The topological polar surface area (TPSA) is 38.8 Å². The third-order valence-electron chi connectivity index (χ3n) is 3.52. The van der Waals surface area contributed by atoms with Crippen LogP contribution in [0.1, 0.15) is 29.2 Å². The van der Waals surface area contributed by atoms with Gasteiger partial charge in [0.1, 0.15) is 5.60 Å². The third-order valence-corrected chi connectivity index (χ3v) is 4.11. The first kappa shape index (κ1) is 13.4. The number of benzene rings is 1. The largest absolute Gasteiger partial charge is 0.466 e. The van der Waals surface area contributed by atoms with Gasteiger partial charge >= 0.3 is 5.97 Å². The Morgan fingerprint density at radius 3 is 2.22 bits per heavy atom. The molecule has 18 heavy (non-hydrogen) atoms. The molecule has 98 valence electrons. The van der Waals surface area contributed by atoms with E-state index in [2.05, 4.69) is 12.1 Å². The van der Waals surface area contributed by atoms with Crippen LogP contribution < -0.4 is 0 Å². The number of carbonyl (C=O) groups excluding carboxylic acids is 1. The maximum absolute atomic E-state index is 11.7. The number of hydrogen-bond donors (Lipinski definition) is 0. The Kier molecular flexibility index (Phi) is 2.95. The van der Waals surface area contributed by atoms with Crippen LogP contribution in [-0.2, 0) is 19.9 Å². The van der Waals surface area contributed by atoms with Crippen molar-refractivity contribution in [1.29, 1.82) is 0 Å². The van der Waals surface area contributed by atoms with Gasteiger partial charge in [-0.3, -0.25) is 0 Å². The lowest BCUT2D eigenvalue weighted by molar-refractivity contribution is -0.143. The summed E-state index contributed by atoms with van der Waals surface area (Å²) in [5.74, 6) is -0.550. The zero-order chi connectivity index (χ0) is 13.7. The molecule has 2 rings (SSSR count). The Hall–Kier alpha value is -1.06. The molecule has 0 aromatic heterocycles. The van der Waals surface area contributed by atoms with E-state index in [1.54, 1.807) is 0 Å². The van der Waals surface area contributed by atoms with Crippen molar-refractivity contribution in [3.63, 3.8) is 0 Å². The van der Waals surface area contributed by atoms with Gasteiger partial charge in [-0.2, -0.15) is 0 Å². The van der Waals surface area contributed by atoms with Gasteiger partial charge in [0.05, 0.1) is 7.11 Å². The summed E-state index contributed by atoms with van der Waals surface area (Å²) >= 11 is 6.22. The summed E-state index contributed by atoms with van der Waals surface area (Å²) in [5, 5.41) is -1.40. The van der Waals surface area contributed by atoms with Crippen LogP contribution in [0, 0.1) is 20.8 Å². The summed E-state index contributed by atoms with van der Waals surface area (Å²) in [6.07, 6.45) is 0. The molecule has 4 heteroatoms. The number of rotatable bonds is 2. The number of halogens is 1. The molecule has 0 saturated carbocycles. The van der Waals surface area contributed by atoms with Crippen LogP contribution >= 0.6 is 11.6 Å². The van der Waals surface area contributed by atoms with E-state index in [4.69, 9.17) is 21.1 Å². The minimum absolute atomic E-state index is 0.550. The lowest BCUT2D eigenvalue weighted by Gasteiger charge is -2.16. The Labute approximate surface area is 112 Å². The molecule has 1 aromatic carbocycles. The lowest BCUT2D eigenvalue weighted by atomic mass is 9.88. The molecule has 0 aliphatic carbocycles. The highest BCUT2D eigenvalue weighted by Gasteiger charge is 2.74. The van der Waals surface area contributed by atoms with Crippen molar-refractivity contribution in [2.75, 3.05) is 7.11 Å². The third kappa shape index (κ3) is 1.65. The van der Waals surface area contributed by atoms with Crippen LogP contribution in [0.2, 0.25) is 0 Å². The van der Waals surface area contributed by atoms with Crippen molar-refractivity contribution in [2.45, 2.75) is 38.4 Å². The van der Waals surface area contributed by atoms with Gasteiger partial charge in [-0.05, 0) is 44.4 Å². The highest BCUT2D eigenvalue weighted by Crippen LogP contribution is 2.60. The second-order valence-corrected chi connectivity index (χ2v) is 5.53. The molecule has 0 N–H and O–H groups in total. The molecule has 3 nitrogen and oxygen atoms in total. The lowest BCUT2D eigenvalue weighted by Crippen LogP contribution is -2.28. The Bertz CT molecular complexity index is 503. The van der Waals surface area contributed by atoms with E-state index >= 15 is 0 Å². The number of esters is 1. The van der Waals surface area contributed by atoms with E-state index in [1.165, 1.54) is 12.7 Å². The molecular weight excluding hydrogens is 252 g/mol. The van der Waals surface area contributed by atoms with Gasteiger partial charge in [-0.1, -0.05) is 29.3 Å². The predicted octanol–water partition coefficient (Wildman–Crippen LogP) is 2.97. The maximum atomic E-state index is 11.7. The summed E-state index contributed by atoms with van der Waals surface area (Å²) < 4.78 is 10.2. The number of alkyl halides is 1. The smallest absolute Gasteiger partial charge is 0.357 e. The molecule has 0 amide bonds. The number of epoxide rings is 1. The van der Waals surface area contributed by atoms with Gasteiger partial charge in [-0.15, -0.1) is 0 Å². The number of hydrogen-bond acceptors (Lipinski definition) is 3. The van der Waals surface area contributed by atoms with Gasteiger partial charge < -0.3 is 9.47 Å². The summed E-state index contributed by atoms with van der Waals surface area (Å²) in [5.41, 5.74) is 3.47. The Balaban J connectivity index is 2.50. The summed E-state index contributed by atoms with van der Waals surface area (Å²) in [7, 11) is 1.31. The zero-order valence-corrected chi connectivity index (χ0v) is 12.0. The summed E-state index contributed by atoms with van der Waals surface area (Å²) in [6.45, 7) is 7.85. The van der Waals surface area contributed by atoms with Gasteiger partial charge in [0, 0.05) is 0 Å². The van der Waals surface area contributed by atoms with Crippen LogP contribution in [0.3, 0.4) is 0 Å². The van der Waals surface area contributed by atoms with E-state index in [-0.39, 0.29) is 0 Å². The highest BCUT2D eigenvalue weighted by atomic mass is 35.5. The SMILES string of the molecule is COC(=O)C1(Cl)OC1(C)c1c(C)cc(C)cc1C. The van der Waals surface area contributed by atoms with Crippen molar-refractivity contribution in [3.05, 3.63) is 34.4 Å². The van der Waals surface area contributed by atoms with Crippen LogP contribution in [-0.4, -0.2) is 18.1 Å². The van der Waals surface area contributed by atoms with Gasteiger partial charge in [0.25, 0.3) is 5.06 Å². The van der Waals surface area contributed by atoms with Gasteiger partial charge in [-0.25, -0.2) is 4.79 Å². The van der Waals surface area contributed by atoms with Gasteiger partial charge in [0.15, 0.2) is 0 Å². The van der Waals surface area contributed by atoms with Crippen molar-refractivity contribution in [3.8, 4) is 0 Å². The second-order valence-electron chi connectivity index (χ2n) is 5.00. The van der Waals surface area contributed by atoms with E-state index in [0.29, 0.717) is 0 Å². The molecule has 2 unspecified atom stereocenters. The van der Waals surface area contributed by atoms with Crippen LogP contribution in [0.25, 0.3) is 0 Å². The van der Waals surface area contributed by atoms with Crippen molar-refractivity contribution < 1.29 is 14.3 Å². The van der Waals surface area contributed by atoms with Crippen molar-refractivity contribution in [2.24, 2.45) is 0 Å². The Morgan fingerprint density at radius 2 is 1.78 bits per heavy atom. The van der Waals surface area contributed by atoms with E-state index in [1.807, 2.05) is 27.7 Å². The molecule has 1 aliphatic heterocycles. The monoisotopic (exact) mass is 268 g/mol. The molecule has 1 fully saturated rings. The van der Waals surface area contributed by atoms with Crippen LogP contribution in [0.4, 0.5) is 0 Å². The summed E-state index contributed by atoms with van der Waals surface area (Å²) in [4.78, 5) is 11.7. The van der Waals surface area contributed by atoms with Crippen LogP contribution in [0.5, 0.6) is 0 Å². The molecule has 2 atom stereocenters. The normalized spacial score (nSPS) is 30.1. The molecule has 1 aliphatic rings. The minimum atomic E-state index is -1.40. The number of aryl methyl sites for hydroxylation is 3. The first-order valence-electron chi connectivity index (χ1n) is 5.82. The fraction of sp³-hybridized carbons (Fsp3) is 0.500. The van der Waals surface area contributed by atoms with E-state index in [9.17, 15) is 4.79 Å². The molecule has 0 bridgehead atoms. The molecule has 0 spiro atoms. The van der Waals surface area contributed by atoms with Gasteiger partial charge in [0.2, 0.25) is 0 Å². The fourth-order valence-electron chi connectivity index (χ4n) is 2.77. The number of ether oxygens (including phenoxy) is 2. The molecular formula is C14H17ClO3. The van der Waals surface area contributed by atoms with E-state index in [0.717, 1.165) is 16.7 Å². The molecule has 0 radical (unpaired) electrons. The quantitative estimate of drug-likeness (QED) is 0.470. The second kappa shape index (κ2) is 3.97. The average Bonchev–Trinajstić information content (AvgIpc) is 2.80. The van der Waals surface area contributed by atoms with E-state index < -0.39 is 16.6 Å². The summed E-state index contributed by atoms with van der Waals surface area (Å²) in [6, 6.07) is 4.12. The maximum Gasteiger partial charge on any atom is 0.357 e. The Morgan fingerprint density at radius 1 is 1.28 bits per heavy atom. The number of methoxy groups -OCH3 is 1. The first-order valence-corrected chi connectivity index (χ1v) is 6.20. The highest BCUT2D eigenvalue weighted by molar-refractivity contribution is 6.35. The molecule has 1 saturated heterocycles. The van der Waals surface area contributed by atoms with Crippen molar-refractivity contribution in [1.82, 2.24) is 0 Å². The molecule has 1 aromatic rings. The molecule has 1 heterocycles.